The third-order valence-corrected chi connectivity index (χ3v) is 5.38. The summed E-state index contributed by atoms with van der Waals surface area (Å²) in [6.45, 7) is 9.60. The predicted octanol–water partition coefficient (Wildman–Crippen LogP) is 2.84. The number of aromatic carboxylic acids is 1. The number of nitrogens with one attached hydrogen (secondary N) is 1. The van der Waals surface area contributed by atoms with Crippen molar-refractivity contribution in [3.05, 3.63) is 46.6 Å². The van der Waals surface area contributed by atoms with E-state index in [9.17, 15) is 19.5 Å². The second-order valence-electron chi connectivity index (χ2n) is 7.29. The van der Waals surface area contributed by atoms with Crippen LogP contribution in [0, 0.1) is 5.92 Å². The number of nitrogens with zero attached hydrogens (tertiary/aromatic N) is 4. The fourth-order valence-corrected chi connectivity index (χ4v) is 2.98. The van der Waals surface area contributed by atoms with Crippen LogP contribution in [0.3, 0.4) is 0 Å². The number of rotatable bonds is 9. The molecule has 2 aromatic heterocycles. The number of hydrogen-bond donors (Lipinski definition) is 2. The first kappa shape index (κ1) is 22.9. The zero-order chi connectivity index (χ0) is 22.4. The van der Waals surface area contributed by atoms with E-state index in [1.165, 1.54) is 16.9 Å². The molecule has 0 radical (unpaired) electrons. The van der Waals surface area contributed by atoms with Gasteiger partial charge in [0, 0.05) is 12.0 Å². The van der Waals surface area contributed by atoms with E-state index in [1.54, 1.807) is 0 Å². The molecule has 9 nitrogen and oxygen atoms in total. The molecule has 0 saturated heterocycles. The molecule has 2 heterocycles. The lowest BCUT2D eigenvalue weighted by Gasteiger charge is -2.21. The number of carbonyl (C=O) groups is 3. The minimum absolute atomic E-state index is 0.0385. The standard InChI is InChI=1S/C21H27N5O4/c1-6-12(2)16(8-7-13(3)15(5)14(4)10-27)24-19(28)18-9-17(20(29)30)25-21-22-11-23-26(18)21/h6,9-11,14,16H,7-8H2,1-5H3,(H,24,28)(H,29,30)/b12-6+,15-13+. The van der Waals surface area contributed by atoms with Crippen LogP contribution >= 0.6 is 0 Å². The molecule has 9 heteroatoms. The molecule has 2 N–H and O–H groups in total. The topological polar surface area (TPSA) is 127 Å². The maximum Gasteiger partial charge on any atom is 0.354 e. The number of carboxylic acid groups (broad SMARTS) is 1. The molecule has 1 amide bonds. The van der Waals surface area contributed by atoms with Crippen molar-refractivity contribution in [1.82, 2.24) is 24.9 Å². The molecule has 0 aromatic carbocycles. The van der Waals surface area contributed by atoms with Crippen molar-refractivity contribution in [3.63, 3.8) is 0 Å². The van der Waals surface area contributed by atoms with Crippen LogP contribution in [-0.4, -0.2) is 48.9 Å². The molecular formula is C21H27N5O4. The highest BCUT2D eigenvalue weighted by Crippen LogP contribution is 2.20. The molecule has 160 valence electrons. The van der Waals surface area contributed by atoms with Crippen LogP contribution in [0.5, 0.6) is 0 Å². The maximum atomic E-state index is 13.0. The van der Waals surface area contributed by atoms with Gasteiger partial charge in [-0.05, 0) is 40.5 Å². The van der Waals surface area contributed by atoms with E-state index in [4.69, 9.17) is 0 Å². The first-order valence-corrected chi connectivity index (χ1v) is 9.68. The molecule has 2 aromatic rings. The molecule has 2 atom stereocenters. The third-order valence-electron chi connectivity index (χ3n) is 5.38. The van der Waals surface area contributed by atoms with Gasteiger partial charge < -0.3 is 15.2 Å². The first-order valence-electron chi connectivity index (χ1n) is 9.68. The molecule has 30 heavy (non-hydrogen) atoms. The minimum atomic E-state index is -1.25. The van der Waals surface area contributed by atoms with E-state index in [0.717, 1.165) is 23.0 Å². The van der Waals surface area contributed by atoms with E-state index in [2.05, 4.69) is 20.4 Å². The number of amides is 1. The molecule has 0 spiro atoms. The van der Waals surface area contributed by atoms with Crippen LogP contribution in [0.25, 0.3) is 5.78 Å². The Morgan fingerprint density at radius 3 is 2.60 bits per heavy atom. The lowest BCUT2D eigenvalue weighted by Crippen LogP contribution is -2.37. The van der Waals surface area contributed by atoms with Gasteiger partial charge in [0.1, 0.15) is 18.3 Å². The van der Waals surface area contributed by atoms with Crippen LogP contribution in [0.15, 0.2) is 35.2 Å². The van der Waals surface area contributed by atoms with Gasteiger partial charge in [-0.2, -0.15) is 14.6 Å². The molecule has 2 unspecified atom stereocenters. The molecular weight excluding hydrogens is 386 g/mol. The molecule has 0 aliphatic carbocycles. The number of hydrogen-bond acceptors (Lipinski definition) is 6. The monoisotopic (exact) mass is 413 g/mol. The van der Waals surface area contributed by atoms with Crippen LogP contribution in [0.1, 0.15) is 68.4 Å². The maximum absolute atomic E-state index is 13.0. The van der Waals surface area contributed by atoms with Crippen LogP contribution in [0.4, 0.5) is 0 Å². The number of carboxylic acids is 1. The van der Waals surface area contributed by atoms with E-state index >= 15 is 0 Å². The number of aldehydes is 1. The Bertz CT molecular complexity index is 1020. The highest BCUT2D eigenvalue weighted by atomic mass is 16.4. The summed E-state index contributed by atoms with van der Waals surface area (Å²) in [7, 11) is 0. The number of aromatic nitrogens is 4. The Kier molecular flexibility index (Phi) is 7.57. The normalized spacial score (nSPS) is 14.8. The summed E-state index contributed by atoms with van der Waals surface area (Å²) in [5, 5.41) is 16.2. The lowest BCUT2D eigenvalue weighted by atomic mass is 9.93. The lowest BCUT2D eigenvalue weighted by molar-refractivity contribution is -0.109. The van der Waals surface area contributed by atoms with Gasteiger partial charge >= 0.3 is 5.97 Å². The van der Waals surface area contributed by atoms with Gasteiger partial charge in [0.2, 0.25) is 0 Å². The summed E-state index contributed by atoms with van der Waals surface area (Å²) in [5.74, 6) is -1.83. The van der Waals surface area contributed by atoms with Gasteiger partial charge in [0.05, 0.1) is 6.04 Å². The van der Waals surface area contributed by atoms with Crippen LogP contribution < -0.4 is 5.32 Å². The highest BCUT2D eigenvalue weighted by molar-refractivity contribution is 5.96. The highest BCUT2D eigenvalue weighted by Gasteiger charge is 2.21. The van der Waals surface area contributed by atoms with Gasteiger partial charge in [0.15, 0.2) is 5.69 Å². The Morgan fingerprint density at radius 2 is 2.00 bits per heavy atom. The zero-order valence-corrected chi connectivity index (χ0v) is 17.8. The van der Waals surface area contributed by atoms with Gasteiger partial charge in [-0.25, -0.2) is 9.78 Å². The van der Waals surface area contributed by atoms with E-state index < -0.39 is 11.9 Å². The van der Waals surface area contributed by atoms with E-state index in [0.29, 0.717) is 12.8 Å². The first-order chi connectivity index (χ1) is 14.2. The Morgan fingerprint density at radius 1 is 1.30 bits per heavy atom. The average Bonchev–Trinajstić information content (AvgIpc) is 3.22. The van der Waals surface area contributed by atoms with Crippen molar-refractivity contribution in [2.24, 2.45) is 5.92 Å². The third kappa shape index (κ3) is 5.16. The summed E-state index contributed by atoms with van der Waals surface area (Å²) in [4.78, 5) is 43.1. The SMILES string of the molecule is C/C=C(\C)C(CC/C(C)=C(\C)C(C)C=O)NC(=O)c1cc(C(=O)O)nc2ncnn12. The Labute approximate surface area is 174 Å². The molecule has 0 bridgehead atoms. The number of fused-ring (bicyclic) bond motifs is 1. The average molecular weight is 413 g/mol. The van der Waals surface area contributed by atoms with Crippen molar-refractivity contribution in [2.45, 2.75) is 53.5 Å². The van der Waals surface area contributed by atoms with Crippen LogP contribution in [-0.2, 0) is 4.79 Å². The second-order valence-corrected chi connectivity index (χ2v) is 7.29. The quantitative estimate of drug-likeness (QED) is 0.478. The van der Waals surface area contributed by atoms with Gasteiger partial charge in [-0.15, -0.1) is 0 Å². The van der Waals surface area contributed by atoms with Gasteiger partial charge in [-0.3, -0.25) is 4.79 Å². The van der Waals surface area contributed by atoms with Crippen LogP contribution in [0.2, 0.25) is 0 Å². The summed E-state index contributed by atoms with van der Waals surface area (Å²) in [5.41, 5.74) is 2.87. The Hall–Kier alpha value is -3.36. The molecule has 2 rings (SSSR count). The van der Waals surface area contributed by atoms with Crippen molar-refractivity contribution < 1.29 is 19.5 Å². The zero-order valence-electron chi connectivity index (χ0n) is 17.8. The predicted molar refractivity (Wildman–Crippen MR) is 111 cm³/mol. The summed E-state index contributed by atoms with van der Waals surface area (Å²) in [6.07, 6.45) is 5.39. The smallest absolute Gasteiger partial charge is 0.354 e. The second kappa shape index (κ2) is 9.91. The molecule has 0 aliphatic heterocycles. The summed E-state index contributed by atoms with van der Waals surface area (Å²) >= 11 is 0. The van der Waals surface area contributed by atoms with Crippen molar-refractivity contribution in [1.29, 1.82) is 0 Å². The fourth-order valence-electron chi connectivity index (χ4n) is 2.98. The van der Waals surface area contributed by atoms with Gasteiger partial charge in [0.25, 0.3) is 11.7 Å². The molecule has 0 aliphatic rings. The van der Waals surface area contributed by atoms with E-state index in [-0.39, 0.29) is 29.1 Å². The molecule has 0 saturated carbocycles. The summed E-state index contributed by atoms with van der Waals surface area (Å²) < 4.78 is 1.21. The van der Waals surface area contributed by atoms with Crippen molar-refractivity contribution in [3.8, 4) is 0 Å². The fraction of sp³-hybridized carbons (Fsp3) is 0.429. The Balaban J connectivity index is 2.28. The largest absolute Gasteiger partial charge is 0.477 e. The number of carbonyl (C=O) groups excluding carboxylic acids is 2. The minimum Gasteiger partial charge on any atom is -0.477 e. The van der Waals surface area contributed by atoms with E-state index in [1.807, 2.05) is 40.7 Å². The number of allylic oxidation sites excluding steroid dienone is 3. The van der Waals surface area contributed by atoms with Gasteiger partial charge in [-0.1, -0.05) is 29.7 Å². The summed E-state index contributed by atoms with van der Waals surface area (Å²) in [6, 6.07) is 0.916. The molecule has 0 fully saturated rings. The van der Waals surface area contributed by atoms with Crippen molar-refractivity contribution in [2.75, 3.05) is 0 Å². The van der Waals surface area contributed by atoms with Crippen molar-refractivity contribution >= 4 is 23.9 Å².